The Kier molecular flexibility index (Phi) is 6.28. The summed E-state index contributed by atoms with van der Waals surface area (Å²) in [6.45, 7) is 4.13. The standard InChI is InChI=1S/C18H27NO4/c1-22-16-9-8-15(13-17(16)23-2)14-19(10-4-3-5-11-19)12-6-7-18(20)21/h8-9,13H,3-7,10-12,14H2,1-2H3/p+1. The molecule has 1 aliphatic heterocycles. The minimum atomic E-state index is -0.703. The van der Waals surface area contributed by atoms with Crippen molar-refractivity contribution in [2.24, 2.45) is 0 Å². The molecule has 0 saturated carbocycles. The van der Waals surface area contributed by atoms with Crippen molar-refractivity contribution in [1.82, 2.24) is 0 Å². The van der Waals surface area contributed by atoms with Crippen molar-refractivity contribution in [2.45, 2.75) is 38.6 Å². The molecule has 0 unspecified atom stereocenters. The SMILES string of the molecule is COc1ccc(C[N+]2(CCCC(=O)O)CCCCC2)cc1OC. The average Bonchev–Trinajstić information content (AvgIpc) is 2.55. The Morgan fingerprint density at radius 2 is 1.83 bits per heavy atom. The van der Waals surface area contributed by atoms with Crippen LogP contribution in [0.15, 0.2) is 18.2 Å². The van der Waals surface area contributed by atoms with E-state index in [9.17, 15) is 4.79 Å². The molecule has 5 nitrogen and oxygen atoms in total. The number of methoxy groups -OCH3 is 2. The Labute approximate surface area is 138 Å². The maximum Gasteiger partial charge on any atom is 0.303 e. The summed E-state index contributed by atoms with van der Waals surface area (Å²) in [5.41, 5.74) is 1.22. The predicted octanol–water partition coefficient (Wildman–Crippen LogP) is 3.07. The van der Waals surface area contributed by atoms with E-state index in [1.165, 1.54) is 24.8 Å². The van der Waals surface area contributed by atoms with Crippen LogP contribution in [-0.2, 0) is 11.3 Å². The number of hydrogen-bond donors (Lipinski definition) is 1. The first-order valence-corrected chi connectivity index (χ1v) is 8.36. The zero-order chi connectivity index (χ0) is 16.7. The first-order valence-electron chi connectivity index (χ1n) is 8.36. The topological polar surface area (TPSA) is 55.8 Å². The van der Waals surface area contributed by atoms with E-state index in [0.29, 0.717) is 0 Å². The number of ether oxygens (including phenoxy) is 2. The van der Waals surface area contributed by atoms with Crippen LogP contribution in [0.25, 0.3) is 0 Å². The molecule has 1 fully saturated rings. The monoisotopic (exact) mass is 322 g/mol. The number of carboxylic acid groups (broad SMARTS) is 1. The smallest absolute Gasteiger partial charge is 0.303 e. The van der Waals surface area contributed by atoms with Crippen molar-refractivity contribution in [3.8, 4) is 11.5 Å². The summed E-state index contributed by atoms with van der Waals surface area (Å²) in [7, 11) is 3.29. The summed E-state index contributed by atoms with van der Waals surface area (Å²) in [4.78, 5) is 10.8. The fourth-order valence-electron chi connectivity index (χ4n) is 3.58. The van der Waals surface area contributed by atoms with Gasteiger partial charge in [-0.25, -0.2) is 0 Å². The van der Waals surface area contributed by atoms with E-state index in [0.717, 1.165) is 48.6 Å². The second kappa shape index (κ2) is 8.20. The molecule has 1 aliphatic rings. The second-order valence-electron chi connectivity index (χ2n) is 6.42. The van der Waals surface area contributed by atoms with E-state index in [1.54, 1.807) is 14.2 Å². The summed E-state index contributed by atoms with van der Waals surface area (Å²) in [5.74, 6) is 0.796. The van der Waals surface area contributed by atoms with Gasteiger partial charge in [0.15, 0.2) is 11.5 Å². The number of hydrogen-bond acceptors (Lipinski definition) is 3. The lowest BCUT2D eigenvalue weighted by Gasteiger charge is -2.42. The van der Waals surface area contributed by atoms with E-state index in [4.69, 9.17) is 14.6 Å². The molecule has 1 aromatic rings. The van der Waals surface area contributed by atoms with Gasteiger partial charge in [-0.3, -0.25) is 4.79 Å². The normalized spacial score (nSPS) is 16.8. The number of quaternary nitrogens is 1. The van der Waals surface area contributed by atoms with Crippen molar-refractivity contribution in [3.05, 3.63) is 23.8 Å². The molecule has 1 heterocycles. The second-order valence-corrected chi connectivity index (χ2v) is 6.42. The highest BCUT2D eigenvalue weighted by Crippen LogP contribution is 2.30. The zero-order valence-electron chi connectivity index (χ0n) is 14.2. The number of carbonyl (C=O) groups is 1. The highest BCUT2D eigenvalue weighted by Gasteiger charge is 2.30. The molecule has 0 aliphatic carbocycles. The quantitative estimate of drug-likeness (QED) is 0.747. The summed E-state index contributed by atoms with van der Waals surface area (Å²) >= 11 is 0. The van der Waals surface area contributed by atoms with Crippen LogP contribution in [0.4, 0.5) is 0 Å². The highest BCUT2D eigenvalue weighted by atomic mass is 16.5. The number of carboxylic acids is 1. The number of piperidine rings is 1. The lowest BCUT2D eigenvalue weighted by atomic mass is 10.0. The fraction of sp³-hybridized carbons (Fsp3) is 0.611. The largest absolute Gasteiger partial charge is 0.493 e. The molecule has 5 heteroatoms. The molecule has 128 valence electrons. The summed E-state index contributed by atoms with van der Waals surface area (Å²) in [6, 6.07) is 6.09. The molecule has 0 atom stereocenters. The molecule has 2 rings (SSSR count). The number of aliphatic carboxylic acids is 1. The molecule has 0 aromatic heterocycles. The minimum absolute atomic E-state index is 0.256. The van der Waals surface area contributed by atoms with Gasteiger partial charge in [-0.05, 0) is 37.5 Å². The van der Waals surface area contributed by atoms with Crippen LogP contribution in [0, 0.1) is 0 Å². The van der Waals surface area contributed by atoms with E-state index in [1.807, 2.05) is 12.1 Å². The van der Waals surface area contributed by atoms with Gasteiger partial charge in [-0.15, -0.1) is 0 Å². The third-order valence-electron chi connectivity index (χ3n) is 4.75. The summed E-state index contributed by atoms with van der Waals surface area (Å²) < 4.78 is 11.7. The molecule has 1 N–H and O–H groups in total. The molecule has 0 amide bonds. The lowest BCUT2D eigenvalue weighted by molar-refractivity contribution is -0.945. The van der Waals surface area contributed by atoms with Crippen LogP contribution in [0.2, 0.25) is 0 Å². The Bertz CT molecular complexity index is 524. The number of rotatable bonds is 8. The van der Waals surface area contributed by atoms with Gasteiger partial charge in [0.05, 0.1) is 40.3 Å². The first kappa shape index (κ1) is 17.6. The summed E-state index contributed by atoms with van der Waals surface area (Å²) in [6.07, 6.45) is 4.72. The van der Waals surface area contributed by atoms with E-state index < -0.39 is 5.97 Å². The molecule has 0 bridgehead atoms. The van der Waals surface area contributed by atoms with E-state index in [2.05, 4.69) is 6.07 Å². The van der Waals surface area contributed by atoms with Gasteiger partial charge < -0.3 is 19.1 Å². The van der Waals surface area contributed by atoms with Crippen molar-refractivity contribution in [3.63, 3.8) is 0 Å². The molecule has 0 radical (unpaired) electrons. The molecule has 23 heavy (non-hydrogen) atoms. The van der Waals surface area contributed by atoms with Crippen LogP contribution in [-0.4, -0.2) is 49.4 Å². The zero-order valence-corrected chi connectivity index (χ0v) is 14.2. The summed E-state index contributed by atoms with van der Waals surface area (Å²) in [5, 5.41) is 8.91. The minimum Gasteiger partial charge on any atom is -0.493 e. The Morgan fingerprint density at radius 1 is 1.13 bits per heavy atom. The number of benzene rings is 1. The van der Waals surface area contributed by atoms with Gasteiger partial charge in [-0.1, -0.05) is 0 Å². The van der Waals surface area contributed by atoms with Gasteiger partial charge in [-0.2, -0.15) is 0 Å². The van der Waals surface area contributed by atoms with Gasteiger partial charge in [0, 0.05) is 12.0 Å². The van der Waals surface area contributed by atoms with Crippen molar-refractivity contribution >= 4 is 5.97 Å². The lowest BCUT2D eigenvalue weighted by Crippen LogP contribution is -2.51. The fourth-order valence-corrected chi connectivity index (χ4v) is 3.58. The number of likely N-dealkylation sites (tertiary alicyclic amines) is 1. The first-order chi connectivity index (χ1) is 11.1. The molecule has 1 saturated heterocycles. The average molecular weight is 322 g/mol. The van der Waals surface area contributed by atoms with Crippen LogP contribution < -0.4 is 9.47 Å². The van der Waals surface area contributed by atoms with E-state index >= 15 is 0 Å². The van der Waals surface area contributed by atoms with Crippen LogP contribution in [0.5, 0.6) is 11.5 Å². The number of nitrogens with zero attached hydrogens (tertiary/aromatic N) is 1. The Balaban J connectivity index is 2.12. The highest BCUT2D eigenvalue weighted by molar-refractivity contribution is 5.66. The van der Waals surface area contributed by atoms with Gasteiger partial charge in [0.1, 0.15) is 6.54 Å². The predicted molar refractivity (Wildman–Crippen MR) is 88.8 cm³/mol. The third-order valence-corrected chi connectivity index (χ3v) is 4.75. The van der Waals surface area contributed by atoms with Crippen molar-refractivity contribution in [1.29, 1.82) is 0 Å². The van der Waals surface area contributed by atoms with Crippen LogP contribution in [0.3, 0.4) is 0 Å². The van der Waals surface area contributed by atoms with Crippen LogP contribution in [0.1, 0.15) is 37.7 Å². The van der Waals surface area contributed by atoms with Crippen molar-refractivity contribution in [2.75, 3.05) is 33.9 Å². The maximum atomic E-state index is 10.8. The van der Waals surface area contributed by atoms with Gasteiger partial charge >= 0.3 is 5.97 Å². The molecule has 0 spiro atoms. The molecule has 1 aromatic carbocycles. The van der Waals surface area contributed by atoms with Crippen LogP contribution >= 0.6 is 0 Å². The van der Waals surface area contributed by atoms with Crippen molar-refractivity contribution < 1.29 is 23.9 Å². The Hall–Kier alpha value is -1.75. The molecular weight excluding hydrogens is 294 g/mol. The van der Waals surface area contributed by atoms with E-state index in [-0.39, 0.29) is 6.42 Å². The van der Waals surface area contributed by atoms with Gasteiger partial charge in [0.25, 0.3) is 0 Å². The van der Waals surface area contributed by atoms with Gasteiger partial charge in [0.2, 0.25) is 0 Å². The Morgan fingerprint density at radius 3 is 2.43 bits per heavy atom. The molecular formula is C18H28NO4+. The third kappa shape index (κ3) is 4.86. The maximum absolute atomic E-state index is 10.8.